The fourth-order valence-corrected chi connectivity index (χ4v) is 1.31. The summed E-state index contributed by atoms with van der Waals surface area (Å²) in [4.78, 5) is 14.2. The minimum atomic E-state index is -1.20. The van der Waals surface area contributed by atoms with Crippen molar-refractivity contribution in [2.24, 2.45) is 0 Å². The minimum absolute atomic E-state index is 0.00919. The van der Waals surface area contributed by atoms with Crippen molar-refractivity contribution in [1.29, 1.82) is 0 Å². The number of nitrogens with one attached hydrogen (secondary N) is 1. The molecule has 1 heterocycles. The van der Waals surface area contributed by atoms with Crippen LogP contribution in [0, 0.1) is 5.82 Å². The number of anilines is 2. The van der Waals surface area contributed by atoms with Crippen molar-refractivity contribution in [3.05, 3.63) is 41.0 Å². The number of carboxylic acids is 1. The van der Waals surface area contributed by atoms with Crippen LogP contribution in [0.4, 0.5) is 16.1 Å². The van der Waals surface area contributed by atoms with E-state index in [4.69, 9.17) is 21.1 Å². The smallest absolute Gasteiger partial charge is 0.357 e. The number of hydrogen-bond donors (Lipinski definition) is 2. The highest BCUT2D eigenvalue weighted by atomic mass is 35.5. The van der Waals surface area contributed by atoms with Gasteiger partial charge in [-0.2, -0.15) is 4.98 Å². The normalized spacial score (nSPS) is 10.2. The Labute approximate surface area is 99.8 Å². The van der Waals surface area contributed by atoms with Gasteiger partial charge in [-0.25, -0.2) is 9.18 Å². The number of hydrogen-bond acceptors (Lipinski definition) is 4. The molecule has 5 nitrogen and oxygen atoms in total. The molecule has 2 rings (SSSR count). The predicted octanol–water partition coefficient (Wildman–Crippen LogP) is 2.91. The molecule has 0 unspecified atom stereocenters. The molecule has 0 fully saturated rings. The second-order valence-electron chi connectivity index (χ2n) is 3.10. The van der Waals surface area contributed by atoms with E-state index in [1.54, 1.807) is 0 Å². The molecule has 2 N–H and O–H groups in total. The fraction of sp³-hybridized carbons (Fsp3) is 0. The van der Waals surface area contributed by atoms with Gasteiger partial charge in [-0.05, 0) is 18.2 Å². The zero-order valence-corrected chi connectivity index (χ0v) is 9.03. The van der Waals surface area contributed by atoms with Crippen molar-refractivity contribution in [1.82, 2.24) is 4.98 Å². The van der Waals surface area contributed by atoms with Gasteiger partial charge in [-0.1, -0.05) is 11.6 Å². The predicted molar refractivity (Wildman–Crippen MR) is 58.2 cm³/mol. The Bertz CT molecular complexity index is 570. The van der Waals surface area contributed by atoms with Crippen molar-refractivity contribution in [2.75, 3.05) is 5.32 Å². The molecule has 7 heteroatoms. The molecule has 1 aromatic heterocycles. The maximum Gasteiger partial charge on any atom is 0.357 e. The van der Waals surface area contributed by atoms with Gasteiger partial charge in [0, 0.05) is 5.69 Å². The largest absolute Gasteiger partial charge is 0.476 e. The van der Waals surface area contributed by atoms with E-state index in [9.17, 15) is 9.18 Å². The van der Waals surface area contributed by atoms with Crippen molar-refractivity contribution in [2.45, 2.75) is 0 Å². The zero-order chi connectivity index (χ0) is 12.4. The molecule has 0 spiro atoms. The number of halogens is 2. The molecule has 0 atom stereocenters. The maximum absolute atomic E-state index is 12.9. The number of aromatic nitrogens is 1. The first-order valence-electron chi connectivity index (χ1n) is 4.47. The Hall–Kier alpha value is -2.08. The molecule has 0 aliphatic carbocycles. The molecule has 88 valence electrons. The molecule has 2 aromatic rings. The van der Waals surface area contributed by atoms with Crippen molar-refractivity contribution in [3.63, 3.8) is 0 Å². The summed E-state index contributed by atoms with van der Waals surface area (Å²) in [5.41, 5.74) is 0.218. The number of carbonyl (C=O) groups is 1. The van der Waals surface area contributed by atoms with Gasteiger partial charge in [0.15, 0.2) is 5.69 Å². The number of aromatic carboxylic acids is 1. The Kier molecular flexibility index (Phi) is 2.97. The Morgan fingerprint density at radius 3 is 2.88 bits per heavy atom. The summed E-state index contributed by atoms with van der Waals surface area (Å²) in [5.74, 6) is -1.74. The molecular formula is C10H6ClFN2O3. The zero-order valence-electron chi connectivity index (χ0n) is 8.28. The lowest BCUT2D eigenvalue weighted by Crippen LogP contribution is -1.97. The number of nitrogens with zero attached hydrogens (tertiary/aromatic N) is 1. The van der Waals surface area contributed by atoms with Crippen LogP contribution in [0.25, 0.3) is 0 Å². The Morgan fingerprint density at radius 1 is 1.53 bits per heavy atom. The first-order chi connectivity index (χ1) is 8.06. The molecule has 0 amide bonds. The molecular weight excluding hydrogens is 251 g/mol. The quantitative estimate of drug-likeness (QED) is 0.883. The summed E-state index contributed by atoms with van der Waals surface area (Å²) in [6, 6.07) is 3.92. The van der Waals surface area contributed by atoms with Crippen LogP contribution in [0.2, 0.25) is 5.02 Å². The van der Waals surface area contributed by atoms with Crippen molar-refractivity contribution in [3.8, 4) is 0 Å². The summed E-state index contributed by atoms with van der Waals surface area (Å²) in [6.45, 7) is 0. The summed E-state index contributed by atoms with van der Waals surface area (Å²) < 4.78 is 17.7. The third kappa shape index (κ3) is 2.54. The van der Waals surface area contributed by atoms with E-state index in [1.807, 2.05) is 0 Å². The van der Waals surface area contributed by atoms with Crippen LogP contribution in [0.1, 0.15) is 10.5 Å². The lowest BCUT2D eigenvalue weighted by Gasteiger charge is -2.02. The highest BCUT2D eigenvalue weighted by molar-refractivity contribution is 6.31. The third-order valence-corrected chi connectivity index (χ3v) is 2.18. The topological polar surface area (TPSA) is 75.4 Å². The first-order valence-corrected chi connectivity index (χ1v) is 4.85. The molecule has 0 radical (unpaired) electrons. The van der Waals surface area contributed by atoms with Crippen molar-refractivity contribution >= 4 is 29.3 Å². The standard InChI is InChI=1S/C10H6ClFN2O3/c11-6-3-5(1-2-7(6)12)13-10-14-8(4-17-10)9(15)16/h1-4H,(H,13,14)(H,15,16). The number of carboxylic acid groups (broad SMARTS) is 1. The second-order valence-corrected chi connectivity index (χ2v) is 3.50. The van der Waals surface area contributed by atoms with Crippen LogP contribution >= 0.6 is 11.6 Å². The van der Waals surface area contributed by atoms with Gasteiger partial charge in [-0.3, -0.25) is 0 Å². The van der Waals surface area contributed by atoms with E-state index in [-0.39, 0.29) is 16.7 Å². The molecule has 17 heavy (non-hydrogen) atoms. The highest BCUT2D eigenvalue weighted by Gasteiger charge is 2.10. The second kappa shape index (κ2) is 4.42. The van der Waals surface area contributed by atoms with Gasteiger partial charge in [0.05, 0.1) is 5.02 Å². The minimum Gasteiger partial charge on any atom is -0.476 e. The van der Waals surface area contributed by atoms with Gasteiger partial charge < -0.3 is 14.8 Å². The van der Waals surface area contributed by atoms with E-state index < -0.39 is 11.8 Å². The van der Waals surface area contributed by atoms with E-state index in [0.717, 1.165) is 6.26 Å². The van der Waals surface area contributed by atoms with Crippen LogP contribution < -0.4 is 5.32 Å². The van der Waals surface area contributed by atoms with Crippen molar-refractivity contribution < 1.29 is 18.7 Å². The van der Waals surface area contributed by atoms with Gasteiger partial charge in [0.25, 0.3) is 6.01 Å². The molecule has 1 aromatic carbocycles. The summed E-state index contributed by atoms with van der Waals surface area (Å²) in [7, 11) is 0. The van der Waals surface area contributed by atoms with Gasteiger partial charge in [0.2, 0.25) is 0 Å². The molecule has 0 bridgehead atoms. The number of rotatable bonds is 3. The average Bonchev–Trinajstić information content (AvgIpc) is 2.72. The van der Waals surface area contributed by atoms with Crippen LogP contribution in [0.15, 0.2) is 28.9 Å². The highest BCUT2D eigenvalue weighted by Crippen LogP contribution is 2.22. The molecule has 0 saturated heterocycles. The fourth-order valence-electron chi connectivity index (χ4n) is 1.13. The van der Waals surface area contributed by atoms with E-state index >= 15 is 0 Å². The number of benzene rings is 1. The van der Waals surface area contributed by atoms with Gasteiger partial charge in [0.1, 0.15) is 12.1 Å². The summed E-state index contributed by atoms with van der Waals surface area (Å²) in [6.07, 6.45) is 0.996. The molecule has 0 saturated carbocycles. The molecule has 0 aliphatic rings. The summed E-state index contributed by atoms with van der Waals surface area (Å²) >= 11 is 5.58. The lowest BCUT2D eigenvalue weighted by atomic mass is 10.3. The van der Waals surface area contributed by atoms with E-state index in [2.05, 4.69) is 10.3 Å². The monoisotopic (exact) mass is 256 g/mol. The van der Waals surface area contributed by atoms with Gasteiger partial charge in [-0.15, -0.1) is 0 Å². The number of oxazole rings is 1. The van der Waals surface area contributed by atoms with Gasteiger partial charge >= 0.3 is 5.97 Å². The maximum atomic E-state index is 12.9. The average molecular weight is 257 g/mol. The summed E-state index contributed by atoms with van der Waals surface area (Å²) in [5, 5.41) is 11.2. The van der Waals surface area contributed by atoms with Crippen LogP contribution in [0.3, 0.4) is 0 Å². The Morgan fingerprint density at radius 2 is 2.29 bits per heavy atom. The van der Waals surface area contributed by atoms with Crippen LogP contribution in [-0.4, -0.2) is 16.1 Å². The van der Waals surface area contributed by atoms with Crippen LogP contribution in [-0.2, 0) is 0 Å². The van der Waals surface area contributed by atoms with E-state index in [0.29, 0.717) is 5.69 Å². The third-order valence-electron chi connectivity index (χ3n) is 1.89. The van der Waals surface area contributed by atoms with Crippen LogP contribution in [0.5, 0.6) is 0 Å². The van der Waals surface area contributed by atoms with E-state index in [1.165, 1.54) is 18.2 Å². The molecule has 0 aliphatic heterocycles. The Balaban J connectivity index is 2.19. The lowest BCUT2D eigenvalue weighted by molar-refractivity contribution is 0.0690. The SMILES string of the molecule is O=C(O)c1coc(Nc2ccc(F)c(Cl)c2)n1. The first kappa shape index (κ1) is 11.4.